The fourth-order valence-electron chi connectivity index (χ4n) is 6.27. The lowest BCUT2D eigenvalue weighted by molar-refractivity contribution is -0.143. The normalized spacial score (nSPS) is 17.4. The number of ether oxygens (including phenoxy) is 1. The van der Waals surface area contributed by atoms with Gasteiger partial charge in [0.1, 0.15) is 6.04 Å². The number of aryl methyl sites for hydroxylation is 2. The Hall–Kier alpha value is -4.37. The molecule has 1 aromatic heterocycles. The summed E-state index contributed by atoms with van der Waals surface area (Å²) >= 11 is 1.59. The van der Waals surface area contributed by atoms with Gasteiger partial charge in [0, 0.05) is 44.2 Å². The van der Waals surface area contributed by atoms with Gasteiger partial charge in [0.2, 0.25) is 17.7 Å². The van der Waals surface area contributed by atoms with Crippen molar-refractivity contribution in [2.45, 2.75) is 117 Å². The van der Waals surface area contributed by atoms with Crippen molar-refractivity contribution in [1.29, 1.82) is 0 Å². The number of aliphatic hydroxyl groups excluding tert-OH is 1. The second-order valence-corrected chi connectivity index (χ2v) is 16.0. The van der Waals surface area contributed by atoms with Gasteiger partial charge >= 0.3 is 0 Å². The molecule has 1 aliphatic rings. The van der Waals surface area contributed by atoms with E-state index in [0.29, 0.717) is 32.3 Å². The zero-order chi connectivity index (χ0) is 38.7. The minimum absolute atomic E-state index is 0.0156. The number of nitrogens with one attached hydrogen (secondary N) is 1. The van der Waals surface area contributed by atoms with E-state index in [2.05, 4.69) is 22.1 Å². The minimum Gasteiger partial charge on any atom is -0.391 e. The second kappa shape index (κ2) is 19.1. The Morgan fingerprint density at radius 2 is 1.72 bits per heavy atom. The number of primary amides is 1. The fraction of sp³-hybridized carbons (Fsp3) is 0.500. The number of carbonyl (C=O) groups excluding carboxylic acids is 4. The van der Waals surface area contributed by atoms with Crippen LogP contribution in [-0.4, -0.2) is 69.3 Å². The van der Waals surface area contributed by atoms with Gasteiger partial charge in [-0.1, -0.05) is 75.9 Å². The number of nitrogens with two attached hydrogens (primary N) is 1. The molecule has 2 heterocycles. The molecule has 0 unspecified atom stereocenters. The Morgan fingerprint density at radius 3 is 2.34 bits per heavy atom. The molecule has 53 heavy (non-hydrogen) atoms. The quantitative estimate of drug-likeness (QED) is 0.158. The van der Waals surface area contributed by atoms with Crippen LogP contribution >= 0.6 is 11.3 Å². The second-order valence-electron chi connectivity index (χ2n) is 15.2. The van der Waals surface area contributed by atoms with Crippen LogP contribution in [-0.2, 0) is 36.9 Å². The van der Waals surface area contributed by atoms with Crippen LogP contribution in [0.3, 0.4) is 0 Å². The molecule has 1 saturated heterocycles. The highest BCUT2D eigenvalue weighted by atomic mass is 32.1. The lowest BCUT2D eigenvalue weighted by atomic mass is 9.85. The first-order valence-corrected chi connectivity index (χ1v) is 19.3. The molecule has 4 rings (SSSR count). The first-order valence-electron chi connectivity index (χ1n) is 18.4. The topological polar surface area (TPSA) is 152 Å². The summed E-state index contributed by atoms with van der Waals surface area (Å²) in [6.45, 7) is 12.1. The van der Waals surface area contributed by atoms with Crippen molar-refractivity contribution in [3.05, 3.63) is 76.4 Å². The zero-order valence-corrected chi connectivity index (χ0v) is 32.6. The van der Waals surface area contributed by atoms with Gasteiger partial charge in [-0.25, -0.2) is 4.98 Å². The predicted molar refractivity (Wildman–Crippen MR) is 208 cm³/mol. The summed E-state index contributed by atoms with van der Waals surface area (Å²) in [4.78, 5) is 58.4. The average Bonchev–Trinajstić information content (AvgIpc) is 3.74. The Bertz CT molecular complexity index is 1770. The molecule has 11 heteroatoms. The van der Waals surface area contributed by atoms with Crippen LogP contribution in [0.4, 0.5) is 0 Å². The highest BCUT2D eigenvalue weighted by molar-refractivity contribution is 7.13. The summed E-state index contributed by atoms with van der Waals surface area (Å²) in [6.07, 6.45) is 1.55. The number of carbonyl (C=O) groups is 4. The number of Topliss-reactive ketones (excluding diaryl/α,β-unsaturated/α-hetero) is 1. The van der Waals surface area contributed by atoms with Crippen molar-refractivity contribution < 1.29 is 29.0 Å². The zero-order valence-electron chi connectivity index (χ0n) is 31.8. The first-order chi connectivity index (χ1) is 25.1. The van der Waals surface area contributed by atoms with E-state index in [-0.39, 0.29) is 61.3 Å². The molecule has 2 aromatic carbocycles. The van der Waals surface area contributed by atoms with Crippen LogP contribution in [0.5, 0.6) is 0 Å². The third-order valence-electron chi connectivity index (χ3n) is 9.80. The molecule has 284 valence electrons. The molecule has 5 atom stereocenters. The van der Waals surface area contributed by atoms with Crippen molar-refractivity contribution in [2.24, 2.45) is 17.1 Å². The maximum atomic E-state index is 13.9. The Kier molecular flexibility index (Phi) is 14.9. The van der Waals surface area contributed by atoms with E-state index in [9.17, 15) is 24.3 Å². The molecule has 3 aromatic rings. The number of aliphatic hydroxyl groups is 1. The van der Waals surface area contributed by atoms with E-state index in [1.807, 2.05) is 95.6 Å². The van der Waals surface area contributed by atoms with Crippen LogP contribution in [0.1, 0.15) is 95.5 Å². The number of hydrogen-bond donors (Lipinski definition) is 3. The van der Waals surface area contributed by atoms with Gasteiger partial charge in [-0.3, -0.25) is 19.2 Å². The van der Waals surface area contributed by atoms with E-state index in [1.165, 1.54) is 4.90 Å². The van der Waals surface area contributed by atoms with Crippen molar-refractivity contribution >= 4 is 34.8 Å². The van der Waals surface area contributed by atoms with Gasteiger partial charge in [-0.15, -0.1) is 11.3 Å². The maximum absolute atomic E-state index is 13.9. The van der Waals surface area contributed by atoms with Gasteiger partial charge in [-0.05, 0) is 66.8 Å². The average molecular weight is 743 g/mol. The van der Waals surface area contributed by atoms with Crippen LogP contribution in [0.2, 0.25) is 0 Å². The number of ketones is 1. The van der Waals surface area contributed by atoms with E-state index < -0.39 is 23.6 Å². The number of thiazole rings is 1. The molecule has 0 spiro atoms. The van der Waals surface area contributed by atoms with E-state index >= 15 is 0 Å². The number of hydrogen-bond acceptors (Lipinski definition) is 8. The molecule has 1 fully saturated rings. The Balaban J connectivity index is 1.27. The highest BCUT2D eigenvalue weighted by Gasteiger charge is 2.44. The Morgan fingerprint density at radius 1 is 1.04 bits per heavy atom. The summed E-state index contributed by atoms with van der Waals surface area (Å²) in [7, 11) is 0. The summed E-state index contributed by atoms with van der Waals surface area (Å²) in [5.74, 6) is 5.27. The SMILES string of the molecule is Cc1ncsc1-c1ccc(CCC(=O)[C@@H]2C[C@@H](O)CN2C(=O)[C@@H](NC(=O)CCC#Cc2ccc(CO[C@H](C)[C@@H](C)CCC(N)=O)cc2)C(C)(C)C)cc1. The van der Waals surface area contributed by atoms with E-state index in [0.717, 1.165) is 32.8 Å². The molecule has 0 aliphatic carbocycles. The van der Waals surface area contributed by atoms with Gasteiger partial charge in [0.25, 0.3) is 0 Å². The molecular formula is C42H54N4O6S. The summed E-state index contributed by atoms with van der Waals surface area (Å²) in [6, 6.07) is 14.2. The van der Waals surface area contributed by atoms with Gasteiger partial charge in [0.15, 0.2) is 5.78 Å². The lowest BCUT2D eigenvalue weighted by Gasteiger charge is -2.35. The van der Waals surface area contributed by atoms with Crippen molar-refractivity contribution in [2.75, 3.05) is 6.54 Å². The van der Waals surface area contributed by atoms with E-state index in [4.69, 9.17) is 10.5 Å². The first kappa shape index (κ1) is 41.4. The van der Waals surface area contributed by atoms with Gasteiger partial charge in [-0.2, -0.15) is 0 Å². The van der Waals surface area contributed by atoms with Crippen molar-refractivity contribution in [3.8, 4) is 22.3 Å². The van der Waals surface area contributed by atoms with Crippen LogP contribution in [0.25, 0.3) is 10.4 Å². The molecule has 0 radical (unpaired) electrons. The standard InChI is InChI=1S/C42H54N4O6S/c1-27(11-22-37(43)49)29(3)52-25-32-14-12-30(13-15-32)9-7-8-10-38(50)45-40(42(4,5)6)41(51)46-24-34(47)23-35(46)36(48)21-18-31-16-19-33(20-17-31)39-28(2)44-26-53-39/h12-17,19-20,26-27,29,34-35,40,47H,8,10-11,18,21-25H2,1-6H3,(H2,43,49)(H,45,50)/t27-,29+,34+,35-,40+/m0/s1. The molecule has 3 amide bonds. The van der Waals surface area contributed by atoms with Gasteiger partial charge < -0.3 is 25.8 Å². The predicted octanol–water partition coefficient (Wildman–Crippen LogP) is 5.75. The molecule has 4 N–H and O–H groups in total. The lowest BCUT2D eigenvalue weighted by Crippen LogP contribution is -2.56. The van der Waals surface area contributed by atoms with Crippen LogP contribution in [0.15, 0.2) is 54.0 Å². The molecule has 1 aliphatic heterocycles. The number of aromatic nitrogens is 1. The largest absolute Gasteiger partial charge is 0.391 e. The number of β-amino-alcohol motifs (C(OH)–C–C–N with tert-alkyl or cyclic N) is 1. The minimum atomic E-state index is -0.880. The van der Waals surface area contributed by atoms with Gasteiger partial charge in [0.05, 0.1) is 40.9 Å². The van der Waals surface area contributed by atoms with Crippen LogP contribution in [0, 0.1) is 30.1 Å². The number of amides is 3. The molecule has 0 bridgehead atoms. The third kappa shape index (κ3) is 12.3. The summed E-state index contributed by atoms with van der Waals surface area (Å²) < 4.78 is 5.97. The van der Waals surface area contributed by atoms with E-state index in [1.54, 1.807) is 11.3 Å². The molecular weight excluding hydrogens is 689 g/mol. The molecule has 0 saturated carbocycles. The number of likely N-dealkylation sites (tertiary alicyclic amines) is 1. The van der Waals surface area contributed by atoms with Crippen LogP contribution < -0.4 is 11.1 Å². The number of rotatable bonds is 16. The third-order valence-corrected chi connectivity index (χ3v) is 10.8. The summed E-state index contributed by atoms with van der Waals surface area (Å²) in [5.41, 5.74) is 11.3. The maximum Gasteiger partial charge on any atom is 0.246 e. The monoisotopic (exact) mass is 742 g/mol. The van der Waals surface area contributed by atoms with Crippen molar-refractivity contribution in [1.82, 2.24) is 15.2 Å². The number of benzene rings is 2. The summed E-state index contributed by atoms with van der Waals surface area (Å²) in [5, 5.41) is 13.5. The Labute approximate surface area is 317 Å². The number of nitrogens with zero attached hydrogens (tertiary/aromatic N) is 2. The smallest absolute Gasteiger partial charge is 0.246 e. The molecule has 10 nitrogen and oxygen atoms in total. The highest BCUT2D eigenvalue weighted by Crippen LogP contribution is 2.29. The fourth-order valence-corrected chi connectivity index (χ4v) is 7.08. The van der Waals surface area contributed by atoms with Crippen molar-refractivity contribution in [3.63, 3.8) is 0 Å².